The highest BCUT2D eigenvalue weighted by Crippen LogP contribution is 2.19. The van der Waals surface area contributed by atoms with Gasteiger partial charge in [0.2, 0.25) is 0 Å². The second kappa shape index (κ2) is 7.41. The summed E-state index contributed by atoms with van der Waals surface area (Å²) in [7, 11) is 2.95. The normalized spacial score (nSPS) is 9.84. The molecule has 0 spiro atoms. The maximum absolute atomic E-state index is 11.9. The first kappa shape index (κ1) is 15.0. The number of ether oxygens (including phenoxy) is 1. The van der Waals surface area contributed by atoms with Crippen LogP contribution in [-0.2, 0) is 4.74 Å². The number of unbranched alkanes of at least 4 members (excludes halogenated alkanes) is 1. The van der Waals surface area contributed by atoms with Gasteiger partial charge in [-0.3, -0.25) is 4.90 Å². The lowest BCUT2D eigenvalue weighted by molar-refractivity contribution is 0.0601. The quantitative estimate of drug-likeness (QED) is 0.656. The lowest BCUT2D eigenvalue weighted by atomic mass is 10.1. The molecule has 5 nitrogen and oxygen atoms in total. The fourth-order valence-corrected chi connectivity index (χ4v) is 1.65. The van der Waals surface area contributed by atoms with Gasteiger partial charge in [0, 0.05) is 13.6 Å². The average Bonchev–Trinajstić information content (AvgIpc) is 2.45. The number of para-hydroxylation sites is 1. The Bertz CT molecular complexity index is 446. The highest BCUT2D eigenvalue weighted by Gasteiger charge is 2.18. The monoisotopic (exact) mass is 264 g/mol. The van der Waals surface area contributed by atoms with Crippen LogP contribution in [0.4, 0.5) is 10.5 Å². The van der Waals surface area contributed by atoms with Crippen LogP contribution in [0.5, 0.6) is 0 Å². The van der Waals surface area contributed by atoms with Gasteiger partial charge in [-0.1, -0.05) is 25.5 Å². The number of rotatable bonds is 5. The molecule has 1 aromatic rings. The number of esters is 1. The predicted molar refractivity (Wildman–Crippen MR) is 74.5 cm³/mol. The number of amides is 2. The van der Waals surface area contributed by atoms with Gasteiger partial charge in [-0.15, -0.1) is 0 Å². The molecule has 5 heteroatoms. The van der Waals surface area contributed by atoms with E-state index in [1.807, 2.05) is 0 Å². The average molecular weight is 264 g/mol. The van der Waals surface area contributed by atoms with Gasteiger partial charge in [0.05, 0.1) is 18.4 Å². The molecule has 0 saturated heterocycles. The number of benzene rings is 1. The Morgan fingerprint density at radius 1 is 1.32 bits per heavy atom. The highest BCUT2D eigenvalue weighted by molar-refractivity contribution is 6.01. The van der Waals surface area contributed by atoms with E-state index in [2.05, 4.69) is 12.2 Å². The Kier molecular flexibility index (Phi) is 5.85. The van der Waals surface area contributed by atoms with Crippen molar-refractivity contribution in [3.63, 3.8) is 0 Å². The van der Waals surface area contributed by atoms with E-state index in [9.17, 15) is 9.59 Å². The zero-order chi connectivity index (χ0) is 14.3. The molecule has 0 aliphatic carbocycles. The summed E-state index contributed by atoms with van der Waals surface area (Å²) in [6.07, 6.45) is 1.95. The Morgan fingerprint density at radius 3 is 2.63 bits per heavy atom. The predicted octanol–water partition coefficient (Wildman–Crippen LogP) is 2.42. The van der Waals surface area contributed by atoms with Crippen LogP contribution < -0.4 is 10.2 Å². The zero-order valence-corrected chi connectivity index (χ0v) is 11.6. The van der Waals surface area contributed by atoms with Crippen molar-refractivity contribution >= 4 is 17.7 Å². The summed E-state index contributed by atoms with van der Waals surface area (Å²) in [5, 5.41) is 2.80. The van der Waals surface area contributed by atoms with Gasteiger partial charge in [0.1, 0.15) is 0 Å². The van der Waals surface area contributed by atoms with Crippen LogP contribution in [0, 0.1) is 0 Å². The fraction of sp³-hybridized carbons (Fsp3) is 0.429. The lowest BCUT2D eigenvalue weighted by Crippen LogP contribution is -2.38. The van der Waals surface area contributed by atoms with Gasteiger partial charge in [-0.25, -0.2) is 9.59 Å². The molecule has 0 unspecified atom stereocenters. The minimum atomic E-state index is -0.455. The molecule has 104 valence electrons. The van der Waals surface area contributed by atoms with E-state index in [1.165, 1.54) is 12.0 Å². The number of hydrogen-bond acceptors (Lipinski definition) is 3. The third-order valence-corrected chi connectivity index (χ3v) is 2.78. The van der Waals surface area contributed by atoms with E-state index in [0.717, 1.165) is 12.8 Å². The standard InChI is InChI=1S/C14H20N2O3/c1-4-5-10-15-14(18)16(2)12-9-7-6-8-11(12)13(17)19-3/h6-9H,4-5,10H2,1-3H3,(H,15,18). The van der Waals surface area contributed by atoms with Crippen molar-refractivity contribution in [2.75, 3.05) is 25.6 Å². The van der Waals surface area contributed by atoms with Crippen molar-refractivity contribution < 1.29 is 14.3 Å². The van der Waals surface area contributed by atoms with Gasteiger partial charge < -0.3 is 10.1 Å². The Hall–Kier alpha value is -2.04. The zero-order valence-electron chi connectivity index (χ0n) is 11.6. The summed E-state index contributed by atoms with van der Waals surface area (Å²) >= 11 is 0. The fourth-order valence-electron chi connectivity index (χ4n) is 1.65. The SMILES string of the molecule is CCCCNC(=O)N(C)c1ccccc1C(=O)OC. The molecule has 19 heavy (non-hydrogen) atoms. The van der Waals surface area contributed by atoms with Crippen LogP contribution in [0.3, 0.4) is 0 Å². The topological polar surface area (TPSA) is 58.6 Å². The van der Waals surface area contributed by atoms with Gasteiger partial charge in [-0.05, 0) is 18.6 Å². The molecule has 0 atom stereocenters. The van der Waals surface area contributed by atoms with Gasteiger partial charge >= 0.3 is 12.0 Å². The van der Waals surface area contributed by atoms with E-state index in [1.54, 1.807) is 31.3 Å². The number of hydrogen-bond donors (Lipinski definition) is 1. The summed E-state index contributed by atoms with van der Waals surface area (Å²) in [6.45, 7) is 2.68. The molecule has 0 heterocycles. The molecule has 0 aliphatic rings. The Morgan fingerprint density at radius 2 is 2.00 bits per heavy atom. The lowest BCUT2D eigenvalue weighted by Gasteiger charge is -2.20. The molecule has 2 amide bonds. The molecule has 0 saturated carbocycles. The first-order chi connectivity index (χ1) is 9.11. The Balaban J connectivity index is 2.84. The Labute approximate surface area is 113 Å². The van der Waals surface area contributed by atoms with E-state index in [0.29, 0.717) is 17.8 Å². The molecule has 1 N–H and O–H groups in total. The molecule has 0 fully saturated rings. The second-order valence-corrected chi connectivity index (χ2v) is 4.15. The van der Waals surface area contributed by atoms with Crippen LogP contribution in [-0.4, -0.2) is 32.7 Å². The second-order valence-electron chi connectivity index (χ2n) is 4.15. The van der Waals surface area contributed by atoms with Crippen LogP contribution in [0.2, 0.25) is 0 Å². The molecular weight excluding hydrogens is 244 g/mol. The maximum atomic E-state index is 11.9. The van der Waals surface area contributed by atoms with E-state index in [4.69, 9.17) is 4.74 Å². The third-order valence-electron chi connectivity index (χ3n) is 2.78. The van der Waals surface area contributed by atoms with Crippen LogP contribution in [0.25, 0.3) is 0 Å². The maximum Gasteiger partial charge on any atom is 0.339 e. The third kappa shape index (κ3) is 3.98. The minimum Gasteiger partial charge on any atom is -0.465 e. The van der Waals surface area contributed by atoms with Crippen molar-refractivity contribution in [3.8, 4) is 0 Å². The smallest absolute Gasteiger partial charge is 0.339 e. The molecule has 0 radical (unpaired) electrons. The number of nitrogens with one attached hydrogen (secondary N) is 1. The molecule has 1 aromatic carbocycles. The summed E-state index contributed by atoms with van der Waals surface area (Å²) in [5.41, 5.74) is 0.904. The molecule has 0 aromatic heterocycles. The molecule has 0 bridgehead atoms. The van der Waals surface area contributed by atoms with Crippen LogP contribution >= 0.6 is 0 Å². The molecule has 1 rings (SSSR count). The van der Waals surface area contributed by atoms with Gasteiger partial charge in [-0.2, -0.15) is 0 Å². The van der Waals surface area contributed by atoms with Crippen molar-refractivity contribution in [2.24, 2.45) is 0 Å². The van der Waals surface area contributed by atoms with Crippen LogP contribution in [0.1, 0.15) is 30.1 Å². The number of nitrogens with zero attached hydrogens (tertiary/aromatic N) is 1. The highest BCUT2D eigenvalue weighted by atomic mass is 16.5. The van der Waals surface area contributed by atoms with Gasteiger partial charge in [0.15, 0.2) is 0 Å². The number of carbonyl (C=O) groups excluding carboxylic acids is 2. The van der Waals surface area contributed by atoms with Crippen LogP contribution in [0.15, 0.2) is 24.3 Å². The number of carbonyl (C=O) groups is 2. The first-order valence-electron chi connectivity index (χ1n) is 6.30. The van der Waals surface area contributed by atoms with E-state index in [-0.39, 0.29) is 6.03 Å². The number of anilines is 1. The summed E-state index contributed by atoms with van der Waals surface area (Å²) in [5.74, 6) is -0.455. The van der Waals surface area contributed by atoms with Gasteiger partial charge in [0.25, 0.3) is 0 Å². The van der Waals surface area contributed by atoms with Crippen molar-refractivity contribution in [3.05, 3.63) is 29.8 Å². The summed E-state index contributed by atoms with van der Waals surface area (Å²) in [4.78, 5) is 25.0. The van der Waals surface area contributed by atoms with E-state index < -0.39 is 5.97 Å². The van der Waals surface area contributed by atoms with Crippen molar-refractivity contribution in [2.45, 2.75) is 19.8 Å². The molecule has 0 aliphatic heterocycles. The number of methoxy groups -OCH3 is 1. The summed E-state index contributed by atoms with van der Waals surface area (Å²) < 4.78 is 4.71. The van der Waals surface area contributed by atoms with E-state index >= 15 is 0 Å². The minimum absolute atomic E-state index is 0.232. The first-order valence-corrected chi connectivity index (χ1v) is 6.30. The summed E-state index contributed by atoms with van der Waals surface area (Å²) in [6, 6.07) is 6.63. The molecular formula is C14H20N2O3. The van der Waals surface area contributed by atoms with Crippen molar-refractivity contribution in [1.29, 1.82) is 0 Å². The number of urea groups is 1. The van der Waals surface area contributed by atoms with Crippen molar-refractivity contribution in [1.82, 2.24) is 5.32 Å². The largest absolute Gasteiger partial charge is 0.465 e.